The molecule has 4 atom stereocenters. The number of hydrogen-bond acceptors (Lipinski definition) is 9. The Hall–Kier alpha value is -3.47. The van der Waals surface area contributed by atoms with Crippen molar-refractivity contribution in [3.63, 3.8) is 0 Å². The molecule has 38 heavy (non-hydrogen) atoms. The van der Waals surface area contributed by atoms with Crippen LogP contribution in [0.5, 0.6) is 0 Å². The summed E-state index contributed by atoms with van der Waals surface area (Å²) in [5, 5.41) is 21.8. The maximum atomic E-state index is 14.7. The summed E-state index contributed by atoms with van der Waals surface area (Å²) in [5.74, 6) is -1.59. The first-order chi connectivity index (χ1) is 17.8. The highest BCUT2D eigenvalue weighted by atomic mass is 32.2. The molecule has 0 spiro atoms. The number of halogens is 4. The molecule has 16 heteroatoms. The number of carbonyl (C=O) groups excluding carboxylic acids is 1. The second-order valence-electron chi connectivity index (χ2n) is 8.67. The van der Waals surface area contributed by atoms with Gasteiger partial charge in [-0.2, -0.15) is 26.7 Å². The van der Waals surface area contributed by atoms with Gasteiger partial charge in [0.25, 0.3) is 0 Å². The Morgan fingerprint density at radius 2 is 2.05 bits per heavy atom. The van der Waals surface area contributed by atoms with Crippen molar-refractivity contribution in [3.05, 3.63) is 71.4 Å². The van der Waals surface area contributed by atoms with Gasteiger partial charge in [-0.15, -0.1) is 0 Å². The molecule has 2 aromatic heterocycles. The van der Waals surface area contributed by atoms with Crippen LogP contribution in [0.3, 0.4) is 0 Å². The lowest BCUT2D eigenvalue weighted by atomic mass is 10.1. The van der Waals surface area contributed by atoms with Crippen molar-refractivity contribution in [2.24, 2.45) is 11.1 Å². The van der Waals surface area contributed by atoms with Gasteiger partial charge in [-0.05, 0) is 30.2 Å². The number of anilines is 1. The first-order valence-corrected chi connectivity index (χ1v) is 12.6. The zero-order chi connectivity index (χ0) is 27.7. The first-order valence-electron chi connectivity index (χ1n) is 11.1. The van der Waals surface area contributed by atoms with Crippen molar-refractivity contribution in [2.75, 3.05) is 11.9 Å². The van der Waals surface area contributed by atoms with Crippen LogP contribution in [0.4, 0.5) is 23.4 Å². The Labute approximate surface area is 213 Å². The van der Waals surface area contributed by atoms with Gasteiger partial charge in [0.2, 0.25) is 5.78 Å². The van der Waals surface area contributed by atoms with Crippen LogP contribution >= 0.6 is 0 Å². The fraction of sp³-hybridized carbons (Fsp3) is 0.364. The summed E-state index contributed by atoms with van der Waals surface area (Å²) in [6.45, 7) is -0.559. The van der Waals surface area contributed by atoms with Crippen LogP contribution in [0.25, 0.3) is 0 Å². The molecule has 0 aliphatic heterocycles. The maximum absolute atomic E-state index is 14.7. The van der Waals surface area contributed by atoms with Crippen molar-refractivity contribution in [2.45, 2.75) is 37.5 Å². The number of aliphatic hydroxyl groups is 1. The van der Waals surface area contributed by atoms with Crippen LogP contribution in [0.2, 0.25) is 0 Å². The summed E-state index contributed by atoms with van der Waals surface area (Å²) in [6, 6.07) is 5.03. The zero-order valence-electron chi connectivity index (χ0n) is 19.4. The molecule has 2 heterocycles. The molecule has 1 saturated carbocycles. The number of nitrogens with two attached hydrogens (primary N) is 1. The van der Waals surface area contributed by atoms with Gasteiger partial charge in [-0.3, -0.25) is 13.7 Å². The Morgan fingerprint density at radius 3 is 2.76 bits per heavy atom. The van der Waals surface area contributed by atoms with Gasteiger partial charge in [0, 0.05) is 18.3 Å². The third-order valence-electron chi connectivity index (χ3n) is 5.95. The molecule has 4 unspecified atom stereocenters. The molecule has 1 aliphatic carbocycles. The van der Waals surface area contributed by atoms with E-state index >= 15 is 0 Å². The molecule has 4 rings (SSSR count). The lowest BCUT2D eigenvalue weighted by molar-refractivity contribution is -0.137. The minimum Gasteiger partial charge on any atom is -0.390 e. The lowest BCUT2D eigenvalue weighted by Crippen LogP contribution is -2.33. The van der Waals surface area contributed by atoms with Crippen LogP contribution in [0.1, 0.15) is 33.6 Å². The van der Waals surface area contributed by atoms with Crippen LogP contribution in [-0.4, -0.2) is 64.0 Å². The van der Waals surface area contributed by atoms with E-state index in [2.05, 4.69) is 24.6 Å². The third kappa shape index (κ3) is 6.50. The SMILES string of the molecule is NS(=O)(=O)OCC1CC(Nc2ncncc2C(=O)c2ccn(Cc3cccc(C(F)(F)F)c3)n2)C(F)C1O. The number of nitrogens with one attached hydrogen (secondary N) is 1. The normalized spacial score (nSPS) is 21.9. The van der Waals surface area contributed by atoms with Crippen molar-refractivity contribution < 1.29 is 40.1 Å². The number of hydrogen-bond donors (Lipinski definition) is 3. The molecular weight excluding hydrogens is 536 g/mol. The van der Waals surface area contributed by atoms with Crippen molar-refractivity contribution in [1.29, 1.82) is 0 Å². The second kappa shape index (κ2) is 10.7. The van der Waals surface area contributed by atoms with E-state index in [4.69, 9.17) is 5.14 Å². The number of benzene rings is 1. The summed E-state index contributed by atoms with van der Waals surface area (Å²) >= 11 is 0. The van der Waals surface area contributed by atoms with Crippen LogP contribution in [0, 0.1) is 5.92 Å². The Bertz CT molecular complexity index is 1420. The highest BCUT2D eigenvalue weighted by Gasteiger charge is 2.44. The number of aliphatic hydroxyl groups excluding tert-OH is 1. The fourth-order valence-electron chi connectivity index (χ4n) is 4.11. The number of ketones is 1. The van der Waals surface area contributed by atoms with Crippen molar-refractivity contribution in [3.8, 4) is 0 Å². The van der Waals surface area contributed by atoms with Crippen molar-refractivity contribution in [1.82, 2.24) is 19.7 Å². The highest BCUT2D eigenvalue weighted by Crippen LogP contribution is 2.32. The van der Waals surface area contributed by atoms with E-state index in [1.807, 2.05) is 0 Å². The van der Waals surface area contributed by atoms with E-state index in [9.17, 15) is 35.9 Å². The number of carbonyl (C=O) groups is 1. The van der Waals surface area contributed by atoms with Gasteiger partial charge in [0.15, 0.2) is 0 Å². The highest BCUT2D eigenvalue weighted by molar-refractivity contribution is 7.84. The van der Waals surface area contributed by atoms with E-state index < -0.39 is 58.7 Å². The van der Waals surface area contributed by atoms with Gasteiger partial charge in [-0.1, -0.05) is 12.1 Å². The summed E-state index contributed by atoms with van der Waals surface area (Å²) in [5.41, 5.74) is -0.611. The average molecular weight is 559 g/mol. The van der Waals surface area contributed by atoms with E-state index in [1.165, 1.54) is 35.3 Å². The van der Waals surface area contributed by atoms with Crippen LogP contribution < -0.4 is 10.5 Å². The molecule has 1 fully saturated rings. The molecule has 0 amide bonds. The monoisotopic (exact) mass is 558 g/mol. The summed E-state index contributed by atoms with van der Waals surface area (Å²) in [6.07, 6.45) is -4.22. The van der Waals surface area contributed by atoms with E-state index in [0.29, 0.717) is 5.56 Å². The minimum atomic E-state index is -4.50. The van der Waals surface area contributed by atoms with Gasteiger partial charge >= 0.3 is 16.5 Å². The summed E-state index contributed by atoms with van der Waals surface area (Å²) in [4.78, 5) is 20.9. The zero-order valence-corrected chi connectivity index (χ0v) is 20.2. The standard InChI is InChI=1S/C22H22F4N6O5S/c23-18-17(7-13(19(18)33)10-37-38(27,35)36)30-21-15(8-28-11-29-21)20(34)16-4-5-32(31-16)9-12-2-1-3-14(6-12)22(24,25)26/h1-6,8,11,13,17-19,33H,7,9-10H2,(H2,27,35,36)(H,28,29,30). The predicted octanol–water partition coefficient (Wildman–Crippen LogP) is 1.69. The van der Waals surface area contributed by atoms with E-state index in [0.717, 1.165) is 18.5 Å². The van der Waals surface area contributed by atoms with Gasteiger partial charge in [0.05, 0.1) is 36.4 Å². The van der Waals surface area contributed by atoms with Crippen LogP contribution in [0.15, 0.2) is 49.1 Å². The lowest BCUT2D eigenvalue weighted by Gasteiger charge is -2.18. The molecular formula is C22H22F4N6O5S. The number of nitrogens with zero attached hydrogens (tertiary/aromatic N) is 4. The molecule has 1 aromatic carbocycles. The fourth-order valence-corrected chi connectivity index (χ4v) is 4.47. The van der Waals surface area contributed by atoms with Gasteiger partial charge in [-0.25, -0.2) is 19.5 Å². The number of rotatable bonds is 9. The largest absolute Gasteiger partial charge is 0.416 e. The molecule has 1 aliphatic rings. The molecule has 0 radical (unpaired) electrons. The molecule has 3 aromatic rings. The second-order valence-corrected chi connectivity index (χ2v) is 9.89. The number of alkyl halides is 4. The van der Waals surface area contributed by atoms with Gasteiger partial charge < -0.3 is 10.4 Å². The Balaban J connectivity index is 1.47. The topological polar surface area (TPSA) is 162 Å². The van der Waals surface area contributed by atoms with Gasteiger partial charge in [0.1, 0.15) is 24.0 Å². The Morgan fingerprint density at radius 1 is 1.29 bits per heavy atom. The summed E-state index contributed by atoms with van der Waals surface area (Å²) in [7, 11) is -4.28. The number of aromatic nitrogens is 4. The van der Waals surface area contributed by atoms with Crippen molar-refractivity contribution >= 4 is 21.9 Å². The average Bonchev–Trinajstić information content (AvgIpc) is 3.42. The first kappa shape index (κ1) is 27.6. The third-order valence-corrected chi connectivity index (χ3v) is 6.41. The maximum Gasteiger partial charge on any atom is 0.416 e. The predicted molar refractivity (Wildman–Crippen MR) is 124 cm³/mol. The molecule has 0 bridgehead atoms. The minimum absolute atomic E-state index is 0.0287. The molecule has 11 nitrogen and oxygen atoms in total. The quantitative estimate of drug-likeness (QED) is 0.262. The Kier molecular flexibility index (Phi) is 7.78. The van der Waals surface area contributed by atoms with Crippen LogP contribution in [-0.2, 0) is 27.2 Å². The van der Waals surface area contributed by atoms with E-state index in [1.54, 1.807) is 0 Å². The molecule has 0 saturated heterocycles. The summed E-state index contributed by atoms with van der Waals surface area (Å²) < 4.78 is 81.5. The molecule has 204 valence electrons. The van der Waals surface area contributed by atoms with E-state index in [-0.39, 0.29) is 30.0 Å². The molecule has 4 N–H and O–H groups in total. The smallest absolute Gasteiger partial charge is 0.390 e.